The number of halogens is 1. The van der Waals surface area contributed by atoms with E-state index in [1.807, 2.05) is 0 Å². The van der Waals surface area contributed by atoms with Crippen LogP contribution in [-0.4, -0.2) is 18.5 Å². The second-order valence-electron chi connectivity index (χ2n) is 3.45. The topological polar surface area (TPSA) is 52.6 Å². The van der Waals surface area contributed by atoms with E-state index in [1.54, 1.807) is 0 Å². The Morgan fingerprint density at radius 3 is 2.24 bits per heavy atom. The van der Waals surface area contributed by atoms with Gasteiger partial charge in [-0.1, -0.05) is 12.1 Å². The molecule has 1 aromatic rings. The third-order valence-corrected chi connectivity index (χ3v) is 1.99. The summed E-state index contributed by atoms with van der Waals surface area (Å²) in [5, 5.41) is 0. The summed E-state index contributed by atoms with van der Waals surface area (Å²) in [5.74, 6) is -1.35. The zero-order valence-electron chi connectivity index (χ0n) is 9.60. The zero-order chi connectivity index (χ0) is 12.8. The van der Waals surface area contributed by atoms with Crippen LogP contribution in [0, 0.1) is 5.82 Å². The summed E-state index contributed by atoms with van der Waals surface area (Å²) in [6, 6.07) is 5.46. The van der Waals surface area contributed by atoms with Gasteiger partial charge in [0.25, 0.3) is 0 Å². The second-order valence-corrected chi connectivity index (χ2v) is 3.45. The average Bonchev–Trinajstić information content (AvgIpc) is 2.25. The van der Waals surface area contributed by atoms with E-state index in [-0.39, 0.29) is 12.4 Å². The van der Waals surface area contributed by atoms with E-state index in [9.17, 15) is 14.0 Å². The maximum absolute atomic E-state index is 12.7. The van der Waals surface area contributed by atoms with E-state index in [1.165, 1.54) is 38.1 Å². The summed E-state index contributed by atoms with van der Waals surface area (Å²) in [5.41, 5.74) is 0.572. The van der Waals surface area contributed by atoms with Crippen LogP contribution >= 0.6 is 0 Å². The third-order valence-electron chi connectivity index (χ3n) is 1.99. The van der Waals surface area contributed by atoms with Gasteiger partial charge < -0.3 is 9.47 Å². The van der Waals surface area contributed by atoms with Crippen molar-refractivity contribution in [1.82, 2.24) is 0 Å². The van der Waals surface area contributed by atoms with Crippen LogP contribution in [0.15, 0.2) is 24.3 Å². The molecule has 0 radical (unpaired) electrons. The molecular formula is C12H13FO4. The molecule has 0 aliphatic heterocycles. The summed E-state index contributed by atoms with van der Waals surface area (Å²) in [4.78, 5) is 21.6. The molecule has 1 atom stereocenters. The highest BCUT2D eigenvalue weighted by Crippen LogP contribution is 2.18. The molecule has 0 spiro atoms. The normalized spacial score (nSPS) is 11.7. The Bertz CT molecular complexity index is 399. The molecule has 0 fully saturated rings. The number of carbonyl (C=O) groups is 2. The van der Waals surface area contributed by atoms with Crippen molar-refractivity contribution < 1.29 is 23.5 Å². The first-order valence-corrected chi connectivity index (χ1v) is 5.05. The van der Waals surface area contributed by atoms with Crippen LogP contribution in [0.25, 0.3) is 0 Å². The van der Waals surface area contributed by atoms with Crippen LogP contribution in [0.4, 0.5) is 4.39 Å². The van der Waals surface area contributed by atoms with Gasteiger partial charge in [-0.2, -0.15) is 0 Å². The van der Waals surface area contributed by atoms with Crippen LogP contribution in [-0.2, 0) is 19.1 Å². The number of benzene rings is 1. The van der Waals surface area contributed by atoms with Crippen molar-refractivity contribution in [2.45, 2.75) is 20.0 Å². The van der Waals surface area contributed by atoms with Crippen LogP contribution in [0.2, 0.25) is 0 Å². The van der Waals surface area contributed by atoms with Gasteiger partial charge in [0.15, 0.2) is 6.10 Å². The van der Waals surface area contributed by atoms with Crippen molar-refractivity contribution in [1.29, 1.82) is 0 Å². The van der Waals surface area contributed by atoms with E-state index < -0.39 is 18.0 Å². The van der Waals surface area contributed by atoms with Gasteiger partial charge in [0.2, 0.25) is 0 Å². The van der Waals surface area contributed by atoms with Crippen LogP contribution < -0.4 is 0 Å². The molecule has 0 unspecified atom stereocenters. The highest BCUT2D eigenvalue weighted by molar-refractivity contribution is 5.67. The van der Waals surface area contributed by atoms with Crippen molar-refractivity contribution in [3.63, 3.8) is 0 Å². The number of hydrogen-bond acceptors (Lipinski definition) is 4. The third kappa shape index (κ3) is 4.63. The molecule has 1 aromatic carbocycles. The van der Waals surface area contributed by atoms with Crippen molar-refractivity contribution in [2.75, 3.05) is 6.61 Å². The Balaban J connectivity index is 2.77. The molecule has 0 saturated heterocycles. The van der Waals surface area contributed by atoms with Gasteiger partial charge in [-0.15, -0.1) is 0 Å². The fraction of sp³-hybridized carbons (Fsp3) is 0.333. The molecule has 0 aromatic heterocycles. The minimum atomic E-state index is -0.711. The lowest BCUT2D eigenvalue weighted by Crippen LogP contribution is -2.16. The molecule has 0 saturated carbocycles. The van der Waals surface area contributed by atoms with Crippen molar-refractivity contribution in [3.8, 4) is 0 Å². The van der Waals surface area contributed by atoms with Gasteiger partial charge in [0.05, 0.1) is 0 Å². The number of esters is 2. The summed E-state index contributed by atoms with van der Waals surface area (Å²) < 4.78 is 22.5. The molecule has 0 N–H and O–H groups in total. The lowest BCUT2D eigenvalue weighted by atomic mass is 10.1. The Morgan fingerprint density at radius 1 is 1.18 bits per heavy atom. The van der Waals surface area contributed by atoms with Crippen LogP contribution in [0.1, 0.15) is 25.5 Å². The first kappa shape index (κ1) is 13.2. The molecule has 1 rings (SSSR count). The molecule has 92 valence electrons. The van der Waals surface area contributed by atoms with Crippen molar-refractivity contribution in [3.05, 3.63) is 35.6 Å². The molecule has 0 heterocycles. The van der Waals surface area contributed by atoms with Crippen molar-refractivity contribution >= 4 is 11.9 Å². The first-order valence-electron chi connectivity index (χ1n) is 5.05. The summed E-state index contributed by atoms with van der Waals surface area (Å²) in [7, 11) is 0. The van der Waals surface area contributed by atoms with Gasteiger partial charge >= 0.3 is 11.9 Å². The summed E-state index contributed by atoms with van der Waals surface area (Å²) in [6.07, 6.45) is -0.711. The van der Waals surface area contributed by atoms with Crippen molar-refractivity contribution in [2.24, 2.45) is 0 Å². The molecule has 5 heteroatoms. The largest absolute Gasteiger partial charge is 0.462 e. The number of ether oxygens (including phenoxy) is 2. The average molecular weight is 240 g/mol. The number of hydrogen-bond donors (Lipinski definition) is 0. The van der Waals surface area contributed by atoms with Gasteiger partial charge in [0, 0.05) is 13.8 Å². The standard InChI is InChI=1S/C12H13FO4/c1-8(14)16-7-12(17-9(2)15)10-3-5-11(13)6-4-10/h3-6,12H,7H2,1-2H3/t12-/m0/s1. The van der Waals surface area contributed by atoms with E-state index in [0.29, 0.717) is 5.56 Å². The van der Waals surface area contributed by atoms with Crippen LogP contribution in [0.5, 0.6) is 0 Å². The van der Waals surface area contributed by atoms with Gasteiger partial charge in [-0.3, -0.25) is 9.59 Å². The Morgan fingerprint density at radius 2 is 1.76 bits per heavy atom. The SMILES string of the molecule is CC(=O)OC[C@H](OC(C)=O)c1ccc(F)cc1. The zero-order valence-corrected chi connectivity index (χ0v) is 9.60. The molecule has 0 aliphatic rings. The molecule has 4 nitrogen and oxygen atoms in total. The fourth-order valence-electron chi connectivity index (χ4n) is 1.27. The minimum Gasteiger partial charge on any atom is -0.462 e. The molecular weight excluding hydrogens is 227 g/mol. The van der Waals surface area contributed by atoms with Gasteiger partial charge in [-0.25, -0.2) is 4.39 Å². The van der Waals surface area contributed by atoms with Gasteiger partial charge in [0.1, 0.15) is 12.4 Å². The summed E-state index contributed by atoms with van der Waals surface area (Å²) >= 11 is 0. The number of rotatable bonds is 4. The lowest BCUT2D eigenvalue weighted by molar-refractivity contribution is -0.156. The second kappa shape index (κ2) is 5.98. The summed E-state index contributed by atoms with van der Waals surface area (Å²) in [6.45, 7) is 2.43. The van der Waals surface area contributed by atoms with Gasteiger partial charge in [-0.05, 0) is 17.7 Å². The van der Waals surface area contributed by atoms with Crippen LogP contribution in [0.3, 0.4) is 0 Å². The molecule has 0 bridgehead atoms. The highest BCUT2D eigenvalue weighted by atomic mass is 19.1. The molecule has 0 amide bonds. The van der Waals surface area contributed by atoms with E-state index in [0.717, 1.165) is 0 Å². The quantitative estimate of drug-likeness (QED) is 0.755. The smallest absolute Gasteiger partial charge is 0.303 e. The molecule has 0 aliphatic carbocycles. The van der Waals surface area contributed by atoms with E-state index >= 15 is 0 Å². The Kier molecular flexibility index (Phi) is 4.63. The van der Waals surface area contributed by atoms with E-state index in [4.69, 9.17) is 9.47 Å². The number of carbonyl (C=O) groups excluding carboxylic acids is 2. The molecule has 17 heavy (non-hydrogen) atoms. The Hall–Kier alpha value is -1.91. The monoisotopic (exact) mass is 240 g/mol. The fourth-order valence-corrected chi connectivity index (χ4v) is 1.27. The van der Waals surface area contributed by atoms with E-state index in [2.05, 4.69) is 0 Å². The predicted octanol–water partition coefficient (Wildman–Crippen LogP) is 1.99. The minimum absolute atomic E-state index is 0.0828. The Labute approximate surface area is 98.3 Å². The predicted molar refractivity (Wildman–Crippen MR) is 57.5 cm³/mol. The maximum atomic E-state index is 12.7. The lowest BCUT2D eigenvalue weighted by Gasteiger charge is -2.16. The first-order chi connectivity index (χ1) is 7.99. The maximum Gasteiger partial charge on any atom is 0.303 e. The highest BCUT2D eigenvalue weighted by Gasteiger charge is 2.16.